The first kappa shape index (κ1) is 11.9. The predicted molar refractivity (Wildman–Crippen MR) is 69.6 cm³/mol. The Morgan fingerprint density at radius 3 is 2.67 bits per heavy atom. The second kappa shape index (κ2) is 5.67. The monoisotopic (exact) mass is 243 g/mol. The van der Waals surface area contributed by atoms with Crippen molar-refractivity contribution in [3.8, 4) is 0 Å². The number of nitrogens with zero attached hydrogens (tertiary/aromatic N) is 1. The number of aryl methyl sites for hydroxylation is 1. The van der Waals surface area contributed by atoms with E-state index < -0.39 is 6.03 Å². The topological polar surface area (TPSA) is 66.6 Å². The summed E-state index contributed by atoms with van der Waals surface area (Å²) in [4.78, 5) is 11.4. The van der Waals surface area contributed by atoms with Crippen LogP contribution in [-0.2, 0) is 0 Å². The molecule has 0 fully saturated rings. The van der Waals surface area contributed by atoms with Crippen LogP contribution in [0.25, 0.3) is 0 Å². The molecule has 0 aliphatic carbocycles. The molecule has 0 atom stereocenters. The standard InChI is InChI=1S/C13H13N3O2/c1-10-7-8-12(18-10)9-14-16-13(17)15-11-5-3-2-4-6-11/h2-9H,1H3,(H2,15,16,17)/b14-9-. The number of para-hydroxylation sites is 1. The summed E-state index contributed by atoms with van der Waals surface area (Å²) in [5.74, 6) is 1.39. The molecule has 0 radical (unpaired) electrons. The zero-order valence-electron chi connectivity index (χ0n) is 9.88. The number of nitrogens with one attached hydrogen (secondary N) is 2. The smallest absolute Gasteiger partial charge is 0.339 e. The van der Waals surface area contributed by atoms with E-state index in [2.05, 4.69) is 15.8 Å². The number of furan rings is 1. The fourth-order valence-corrected chi connectivity index (χ4v) is 1.36. The summed E-state index contributed by atoms with van der Waals surface area (Å²) in [6.07, 6.45) is 1.44. The third kappa shape index (κ3) is 3.48. The highest BCUT2D eigenvalue weighted by Crippen LogP contribution is 2.04. The van der Waals surface area contributed by atoms with Gasteiger partial charge in [-0.3, -0.25) is 0 Å². The number of anilines is 1. The molecule has 1 heterocycles. The molecule has 1 aromatic heterocycles. The number of urea groups is 1. The lowest BCUT2D eigenvalue weighted by Gasteiger charge is -2.02. The van der Waals surface area contributed by atoms with E-state index in [1.54, 1.807) is 18.2 Å². The van der Waals surface area contributed by atoms with Gasteiger partial charge in [0.1, 0.15) is 11.5 Å². The SMILES string of the molecule is Cc1ccc(/C=N\NC(=O)Nc2ccccc2)o1. The van der Waals surface area contributed by atoms with Crippen molar-refractivity contribution in [2.24, 2.45) is 5.10 Å². The number of hydrazone groups is 1. The molecule has 2 rings (SSSR count). The Balaban J connectivity index is 1.83. The highest BCUT2D eigenvalue weighted by Gasteiger charge is 1.98. The van der Waals surface area contributed by atoms with Gasteiger partial charge in [0.15, 0.2) is 0 Å². The Kier molecular flexibility index (Phi) is 3.76. The Labute approximate surface area is 105 Å². The van der Waals surface area contributed by atoms with Crippen molar-refractivity contribution in [2.75, 3.05) is 5.32 Å². The molecule has 92 valence electrons. The zero-order chi connectivity index (χ0) is 12.8. The van der Waals surface area contributed by atoms with E-state index >= 15 is 0 Å². The number of amides is 2. The second-order valence-corrected chi connectivity index (χ2v) is 3.64. The first-order valence-corrected chi connectivity index (χ1v) is 5.45. The van der Waals surface area contributed by atoms with Crippen molar-refractivity contribution in [2.45, 2.75) is 6.92 Å². The maximum Gasteiger partial charge on any atom is 0.339 e. The summed E-state index contributed by atoms with van der Waals surface area (Å²) in [5, 5.41) is 6.41. The lowest BCUT2D eigenvalue weighted by molar-refractivity contribution is 0.252. The molecule has 0 unspecified atom stereocenters. The maximum absolute atomic E-state index is 11.4. The molecule has 5 nitrogen and oxygen atoms in total. The summed E-state index contributed by atoms with van der Waals surface area (Å²) < 4.78 is 5.26. The minimum atomic E-state index is -0.402. The molecule has 5 heteroatoms. The van der Waals surface area contributed by atoms with Gasteiger partial charge in [0.25, 0.3) is 0 Å². The molecule has 1 aromatic carbocycles. The van der Waals surface area contributed by atoms with Crippen molar-refractivity contribution < 1.29 is 9.21 Å². The van der Waals surface area contributed by atoms with Gasteiger partial charge >= 0.3 is 6.03 Å². The fraction of sp³-hybridized carbons (Fsp3) is 0.0769. The summed E-state index contributed by atoms with van der Waals surface area (Å²) in [6, 6.07) is 12.3. The van der Waals surface area contributed by atoms with Gasteiger partial charge in [-0.15, -0.1) is 0 Å². The molecule has 0 aliphatic rings. The van der Waals surface area contributed by atoms with Gasteiger partial charge in [-0.2, -0.15) is 5.10 Å². The molecule has 0 saturated carbocycles. The van der Waals surface area contributed by atoms with Crippen molar-refractivity contribution in [1.29, 1.82) is 0 Å². The summed E-state index contributed by atoms with van der Waals surface area (Å²) >= 11 is 0. The molecule has 2 amide bonds. The molecule has 2 aromatic rings. The van der Waals surface area contributed by atoms with Crippen molar-refractivity contribution in [3.63, 3.8) is 0 Å². The number of carbonyl (C=O) groups is 1. The van der Waals surface area contributed by atoms with Crippen molar-refractivity contribution in [3.05, 3.63) is 54.0 Å². The number of benzene rings is 1. The fourth-order valence-electron chi connectivity index (χ4n) is 1.36. The second-order valence-electron chi connectivity index (χ2n) is 3.64. The van der Waals surface area contributed by atoms with Gasteiger partial charge in [0.2, 0.25) is 0 Å². The van der Waals surface area contributed by atoms with E-state index in [1.807, 2.05) is 31.2 Å². The van der Waals surface area contributed by atoms with Crippen LogP contribution in [0.15, 0.2) is 52.0 Å². The van der Waals surface area contributed by atoms with Gasteiger partial charge in [-0.05, 0) is 31.2 Å². The highest BCUT2D eigenvalue weighted by atomic mass is 16.3. The van der Waals surface area contributed by atoms with Crippen LogP contribution in [-0.4, -0.2) is 12.2 Å². The lowest BCUT2D eigenvalue weighted by Crippen LogP contribution is -2.24. The summed E-state index contributed by atoms with van der Waals surface area (Å²) in [5.41, 5.74) is 3.06. The highest BCUT2D eigenvalue weighted by molar-refractivity contribution is 5.89. The van der Waals surface area contributed by atoms with E-state index in [9.17, 15) is 4.79 Å². The largest absolute Gasteiger partial charge is 0.460 e. The minimum absolute atomic E-state index is 0.402. The van der Waals surface area contributed by atoms with Gasteiger partial charge in [0, 0.05) is 5.69 Å². The number of rotatable bonds is 3. The minimum Gasteiger partial charge on any atom is -0.460 e. The first-order valence-electron chi connectivity index (χ1n) is 5.45. The van der Waals surface area contributed by atoms with Crippen LogP contribution in [0.2, 0.25) is 0 Å². The molecular formula is C13H13N3O2. The average molecular weight is 243 g/mol. The van der Waals surface area contributed by atoms with Crippen molar-refractivity contribution >= 4 is 17.9 Å². The van der Waals surface area contributed by atoms with E-state index in [-0.39, 0.29) is 0 Å². The van der Waals surface area contributed by atoms with Crippen LogP contribution in [0, 0.1) is 6.92 Å². The van der Waals surface area contributed by atoms with Crippen LogP contribution in [0.4, 0.5) is 10.5 Å². The Bertz CT molecular complexity index is 546. The van der Waals surface area contributed by atoms with E-state index in [1.165, 1.54) is 6.21 Å². The van der Waals surface area contributed by atoms with Gasteiger partial charge in [-0.25, -0.2) is 10.2 Å². The summed E-state index contributed by atoms with van der Waals surface area (Å²) in [7, 11) is 0. The number of carbonyl (C=O) groups excluding carboxylic acids is 1. The maximum atomic E-state index is 11.4. The van der Waals surface area contributed by atoms with E-state index in [4.69, 9.17) is 4.42 Å². The Hall–Kier alpha value is -2.56. The van der Waals surface area contributed by atoms with E-state index in [0.29, 0.717) is 11.4 Å². The molecule has 0 saturated heterocycles. The summed E-state index contributed by atoms with van der Waals surface area (Å²) in [6.45, 7) is 1.84. The number of hydrogen-bond acceptors (Lipinski definition) is 3. The third-order valence-corrected chi connectivity index (χ3v) is 2.15. The van der Waals surface area contributed by atoms with Crippen LogP contribution < -0.4 is 10.7 Å². The quantitative estimate of drug-likeness (QED) is 0.643. The van der Waals surface area contributed by atoms with Crippen LogP contribution in [0.1, 0.15) is 11.5 Å². The molecule has 18 heavy (non-hydrogen) atoms. The van der Waals surface area contributed by atoms with Gasteiger partial charge < -0.3 is 9.73 Å². The third-order valence-electron chi connectivity index (χ3n) is 2.15. The normalized spacial score (nSPS) is 10.5. The van der Waals surface area contributed by atoms with Crippen LogP contribution >= 0.6 is 0 Å². The molecule has 0 aliphatic heterocycles. The van der Waals surface area contributed by atoms with Gasteiger partial charge in [-0.1, -0.05) is 18.2 Å². The Morgan fingerprint density at radius 2 is 2.00 bits per heavy atom. The van der Waals surface area contributed by atoms with E-state index in [0.717, 1.165) is 5.76 Å². The van der Waals surface area contributed by atoms with Crippen molar-refractivity contribution in [1.82, 2.24) is 5.43 Å². The predicted octanol–water partition coefficient (Wildman–Crippen LogP) is 2.74. The lowest BCUT2D eigenvalue weighted by atomic mass is 10.3. The molecule has 2 N–H and O–H groups in total. The molecule has 0 bridgehead atoms. The number of hydrogen-bond donors (Lipinski definition) is 2. The van der Waals surface area contributed by atoms with Crippen LogP contribution in [0.5, 0.6) is 0 Å². The zero-order valence-corrected chi connectivity index (χ0v) is 9.88. The first-order chi connectivity index (χ1) is 8.74. The molecule has 0 spiro atoms. The average Bonchev–Trinajstić information content (AvgIpc) is 2.76. The molecular weight excluding hydrogens is 230 g/mol. The van der Waals surface area contributed by atoms with Crippen LogP contribution in [0.3, 0.4) is 0 Å². The van der Waals surface area contributed by atoms with Gasteiger partial charge in [0.05, 0.1) is 6.21 Å². The Morgan fingerprint density at radius 1 is 1.22 bits per heavy atom.